The van der Waals surface area contributed by atoms with Crippen molar-refractivity contribution in [1.82, 2.24) is 4.90 Å². The van der Waals surface area contributed by atoms with Crippen LogP contribution in [-0.2, 0) is 11.3 Å². The van der Waals surface area contributed by atoms with Gasteiger partial charge in [0.25, 0.3) is 5.91 Å². The Morgan fingerprint density at radius 2 is 1.76 bits per heavy atom. The molecule has 1 aliphatic rings. The van der Waals surface area contributed by atoms with Gasteiger partial charge in [0.05, 0.1) is 24.5 Å². The molecule has 3 N–H and O–H groups in total. The third-order valence-corrected chi connectivity index (χ3v) is 4.28. The molecule has 2 aromatic carbocycles. The molecule has 1 heterocycles. The summed E-state index contributed by atoms with van der Waals surface area (Å²) in [5.41, 5.74) is 3.00. The number of benzene rings is 2. The lowest BCUT2D eigenvalue weighted by molar-refractivity contribution is -0.883. The van der Waals surface area contributed by atoms with E-state index in [4.69, 9.17) is 0 Å². The molecule has 2 aromatic rings. The van der Waals surface area contributed by atoms with E-state index in [2.05, 4.69) is 34.7 Å². The van der Waals surface area contributed by atoms with E-state index in [1.165, 1.54) is 10.5 Å². The van der Waals surface area contributed by atoms with Crippen LogP contribution < -0.4 is 27.9 Å². The van der Waals surface area contributed by atoms with E-state index in [9.17, 15) is 4.79 Å². The topological polar surface area (TPSA) is 48.8 Å². The Bertz CT molecular complexity index is 680. The minimum atomic E-state index is 0. The van der Waals surface area contributed by atoms with E-state index < -0.39 is 0 Å². The second-order valence-electron chi connectivity index (χ2n) is 6.35. The summed E-state index contributed by atoms with van der Waals surface area (Å²) in [6.45, 7) is 4.25. The van der Waals surface area contributed by atoms with Crippen molar-refractivity contribution in [1.29, 1.82) is 0 Å². The highest BCUT2D eigenvalue weighted by Crippen LogP contribution is 2.21. The second-order valence-corrected chi connectivity index (χ2v) is 6.35. The van der Waals surface area contributed by atoms with Crippen LogP contribution in [0.15, 0.2) is 54.6 Å². The Hall–Kier alpha value is -2.08. The van der Waals surface area contributed by atoms with Crippen LogP contribution in [0.4, 0.5) is 11.4 Å². The van der Waals surface area contributed by atoms with E-state index >= 15 is 0 Å². The van der Waals surface area contributed by atoms with Crippen molar-refractivity contribution >= 4 is 17.3 Å². The smallest absolute Gasteiger partial charge is 0.279 e. The van der Waals surface area contributed by atoms with Crippen LogP contribution in [0.1, 0.15) is 5.56 Å². The molecule has 0 aromatic heterocycles. The Morgan fingerprint density at radius 3 is 2.44 bits per heavy atom. The predicted octanol–water partition coefficient (Wildman–Crippen LogP) is -1.97. The van der Waals surface area contributed by atoms with E-state index in [1.54, 1.807) is 0 Å². The van der Waals surface area contributed by atoms with Crippen molar-refractivity contribution in [3.8, 4) is 0 Å². The van der Waals surface area contributed by atoms with Crippen molar-refractivity contribution < 1.29 is 22.1 Å². The van der Waals surface area contributed by atoms with Gasteiger partial charge in [-0.15, -0.1) is 0 Å². The van der Waals surface area contributed by atoms with Gasteiger partial charge in [0, 0.05) is 6.54 Å². The van der Waals surface area contributed by atoms with Gasteiger partial charge in [-0.05, 0) is 24.7 Å². The van der Waals surface area contributed by atoms with Crippen LogP contribution in [0.2, 0.25) is 0 Å². The maximum absolute atomic E-state index is 12.3. The number of carbonyl (C=O) groups is 1. The first-order valence-corrected chi connectivity index (χ1v) is 8.39. The Morgan fingerprint density at radius 1 is 1.08 bits per heavy atom. The fraction of sp³-hybridized carbons (Fsp3) is 0.316. The zero-order valence-electron chi connectivity index (χ0n) is 14.5. The molecule has 5 nitrogen and oxygen atoms in total. The van der Waals surface area contributed by atoms with Gasteiger partial charge >= 0.3 is 0 Å². The molecule has 0 aliphatic carbocycles. The standard InChI is InChI=1S/C19H24N4O.ClH/c1-22-11-12-23(15-22)14-19(24)21-18-10-6-5-9-17(18)20-13-16-7-3-2-4-8-16;/h2-10,20H,11-15H2,1H3,(H,21,24);1H. The lowest BCUT2D eigenvalue weighted by Gasteiger charge is -2.15. The molecule has 134 valence electrons. The monoisotopic (exact) mass is 360 g/mol. The molecule has 25 heavy (non-hydrogen) atoms. The van der Waals surface area contributed by atoms with Crippen LogP contribution in [0.5, 0.6) is 0 Å². The van der Waals surface area contributed by atoms with Gasteiger partial charge in [-0.2, -0.15) is 0 Å². The number of carbonyl (C=O) groups excluding carboxylic acids is 1. The Kier molecular flexibility index (Phi) is 7.25. The zero-order valence-corrected chi connectivity index (χ0v) is 15.2. The fourth-order valence-electron chi connectivity index (χ4n) is 2.99. The SMILES string of the molecule is CN1CC[NH+](CC(=O)Nc2ccccc2NCc2ccccc2)C1.[Cl-]. The van der Waals surface area contributed by atoms with Crippen molar-refractivity contribution in [2.24, 2.45) is 0 Å². The van der Waals surface area contributed by atoms with Gasteiger partial charge in [-0.25, -0.2) is 0 Å². The lowest BCUT2D eigenvalue weighted by atomic mass is 10.2. The van der Waals surface area contributed by atoms with Gasteiger partial charge in [-0.1, -0.05) is 42.5 Å². The molecule has 0 spiro atoms. The van der Waals surface area contributed by atoms with E-state index in [1.807, 2.05) is 42.5 Å². The summed E-state index contributed by atoms with van der Waals surface area (Å²) in [5, 5.41) is 6.45. The number of rotatable bonds is 6. The molecule has 0 radical (unpaired) electrons. The predicted molar refractivity (Wildman–Crippen MR) is 97.0 cm³/mol. The first kappa shape index (κ1) is 19.2. The number of quaternary nitrogens is 1. The number of amides is 1. The molecule has 1 atom stereocenters. The van der Waals surface area contributed by atoms with Crippen LogP contribution in [-0.4, -0.2) is 44.2 Å². The summed E-state index contributed by atoms with van der Waals surface area (Å²) in [5.74, 6) is 0.0641. The Labute approximate surface area is 155 Å². The van der Waals surface area contributed by atoms with E-state index in [-0.39, 0.29) is 18.3 Å². The highest BCUT2D eigenvalue weighted by Gasteiger charge is 2.22. The summed E-state index contributed by atoms with van der Waals surface area (Å²) < 4.78 is 0. The van der Waals surface area contributed by atoms with Crippen LogP contribution >= 0.6 is 0 Å². The molecule has 1 unspecified atom stereocenters. The number of halogens is 1. The number of anilines is 2. The minimum absolute atomic E-state index is 0. The van der Waals surface area contributed by atoms with Crippen molar-refractivity contribution in [2.75, 3.05) is 44.0 Å². The van der Waals surface area contributed by atoms with Crippen molar-refractivity contribution in [2.45, 2.75) is 6.54 Å². The van der Waals surface area contributed by atoms with Crippen LogP contribution in [0.3, 0.4) is 0 Å². The van der Waals surface area contributed by atoms with Gasteiger partial charge in [0.1, 0.15) is 6.67 Å². The molecule has 0 saturated carbocycles. The van der Waals surface area contributed by atoms with Crippen LogP contribution in [0, 0.1) is 0 Å². The molecule has 1 amide bonds. The van der Waals surface area contributed by atoms with Crippen LogP contribution in [0.25, 0.3) is 0 Å². The molecule has 0 bridgehead atoms. The zero-order chi connectivity index (χ0) is 16.8. The molecule has 1 fully saturated rings. The summed E-state index contributed by atoms with van der Waals surface area (Å²) >= 11 is 0. The Balaban J connectivity index is 0.00000225. The quantitative estimate of drug-likeness (QED) is 0.560. The average molecular weight is 361 g/mol. The number of hydrogen-bond donors (Lipinski definition) is 3. The summed E-state index contributed by atoms with van der Waals surface area (Å²) in [6, 6.07) is 18.1. The number of hydrogen-bond acceptors (Lipinski definition) is 3. The highest BCUT2D eigenvalue weighted by molar-refractivity contribution is 5.94. The number of likely N-dealkylation sites (N-methyl/N-ethyl adjacent to an activating group) is 1. The second kappa shape index (κ2) is 9.42. The van der Waals surface area contributed by atoms with Crippen molar-refractivity contribution in [3.63, 3.8) is 0 Å². The van der Waals surface area contributed by atoms with Gasteiger partial charge < -0.3 is 27.9 Å². The third kappa shape index (κ3) is 5.74. The maximum atomic E-state index is 12.3. The summed E-state index contributed by atoms with van der Waals surface area (Å²) in [6.07, 6.45) is 0. The average Bonchev–Trinajstić information content (AvgIpc) is 3.00. The third-order valence-electron chi connectivity index (χ3n) is 4.28. The normalized spacial score (nSPS) is 16.9. The minimum Gasteiger partial charge on any atom is -1.00 e. The van der Waals surface area contributed by atoms with E-state index in [0.717, 1.165) is 37.7 Å². The lowest BCUT2D eigenvalue weighted by Crippen LogP contribution is -3.11. The van der Waals surface area contributed by atoms with Gasteiger partial charge in [0.15, 0.2) is 6.54 Å². The molecule has 1 aliphatic heterocycles. The number of para-hydroxylation sites is 2. The van der Waals surface area contributed by atoms with Gasteiger partial charge in [0.2, 0.25) is 0 Å². The molecule has 1 saturated heterocycles. The van der Waals surface area contributed by atoms with E-state index in [0.29, 0.717) is 6.54 Å². The number of nitrogens with one attached hydrogen (secondary N) is 3. The maximum Gasteiger partial charge on any atom is 0.279 e. The van der Waals surface area contributed by atoms with Crippen molar-refractivity contribution in [3.05, 3.63) is 60.2 Å². The highest BCUT2D eigenvalue weighted by atomic mass is 35.5. The number of nitrogens with zero attached hydrogens (tertiary/aromatic N) is 1. The largest absolute Gasteiger partial charge is 1.00 e. The fourth-order valence-corrected chi connectivity index (χ4v) is 2.99. The molecule has 6 heteroatoms. The molecular weight excluding hydrogens is 336 g/mol. The molecular formula is C19H25ClN4O. The first-order valence-electron chi connectivity index (χ1n) is 8.39. The first-order chi connectivity index (χ1) is 11.7. The summed E-state index contributed by atoms with van der Waals surface area (Å²) in [7, 11) is 2.09. The summed E-state index contributed by atoms with van der Waals surface area (Å²) in [4.78, 5) is 15.9. The molecule has 3 rings (SSSR count). The van der Waals surface area contributed by atoms with Gasteiger partial charge in [-0.3, -0.25) is 9.69 Å².